The first-order valence-corrected chi connectivity index (χ1v) is 5.82. The second-order valence-corrected chi connectivity index (χ2v) is 4.43. The number of hydrogen-bond acceptors (Lipinski definition) is 2. The highest BCUT2D eigenvalue weighted by Crippen LogP contribution is 2.22. The van der Waals surface area contributed by atoms with Crippen LogP contribution in [0.1, 0.15) is 11.1 Å². The van der Waals surface area contributed by atoms with Crippen molar-refractivity contribution in [2.45, 2.75) is 13.5 Å². The van der Waals surface area contributed by atoms with Crippen LogP contribution in [0.3, 0.4) is 0 Å². The van der Waals surface area contributed by atoms with Gasteiger partial charge in [0.25, 0.3) is 0 Å². The topological polar surface area (TPSA) is 23.5 Å². The summed E-state index contributed by atoms with van der Waals surface area (Å²) in [5.41, 5.74) is 3.13. The molecular formula is C15H16FNO. The van der Waals surface area contributed by atoms with Crippen LogP contribution < -0.4 is 4.90 Å². The molecule has 0 amide bonds. The van der Waals surface area contributed by atoms with Crippen molar-refractivity contribution in [2.24, 2.45) is 0 Å². The molecular weight excluding hydrogens is 229 g/mol. The predicted molar refractivity (Wildman–Crippen MR) is 71.4 cm³/mol. The van der Waals surface area contributed by atoms with Crippen molar-refractivity contribution < 1.29 is 9.50 Å². The molecule has 0 radical (unpaired) electrons. The molecule has 3 heteroatoms. The number of benzene rings is 2. The fourth-order valence-corrected chi connectivity index (χ4v) is 2.00. The summed E-state index contributed by atoms with van der Waals surface area (Å²) in [6.07, 6.45) is 0. The molecule has 94 valence electrons. The minimum Gasteiger partial charge on any atom is -0.505 e. The molecule has 0 fully saturated rings. The van der Waals surface area contributed by atoms with Crippen molar-refractivity contribution in [1.82, 2.24) is 0 Å². The highest BCUT2D eigenvalue weighted by Gasteiger charge is 2.07. The molecule has 0 saturated carbocycles. The zero-order valence-corrected chi connectivity index (χ0v) is 10.5. The molecule has 0 unspecified atom stereocenters. The molecule has 2 aromatic rings. The summed E-state index contributed by atoms with van der Waals surface area (Å²) in [6, 6.07) is 12.5. The highest BCUT2D eigenvalue weighted by atomic mass is 19.1. The number of hydrogen-bond donors (Lipinski definition) is 1. The number of aromatic hydroxyl groups is 1. The predicted octanol–water partition coefficient (Wildman–Crippen LogP) is 3.48. The third-order valence-electron chi connectivity index (χ3n) is 2.96. The lowest BCUT2D eigenvalue weighted by Crippen LogP contribution is -2.17. The van der Waals surface area contributed by atoms with Gasteiger partial charge in [0, 0.05) is 19.3 Å². The van der Waals surface area contributed by atoms with Crippen LogP contribution in [0.5, 0.6) is 5.75 Å². The molecule has 0 aliphatic carbocycles. The molecule has 2 rings (SSSR count). The smallest absolute Gasteiger partial charge is 0.165 e. The van der Waals surface area contributed by atoms with Gasteiger partial charge in [-0.15, -0.1) is 0 Å². The van der Waals surface area contributed by atoms with Gasteiger partial charge in [-0.2, -0.15) is 0 Å². The van der Waals surface area contributed by atoms with Crippen LogP contribution >= 0.6 is 0 Å². The number of aryl methyl sites for hydroxylation is 1. The third-order valence-corrected chi connectivity index (χ3v) is 2.96. The Balaban J connectivity index is 2.19. The molecule has 0 spiro atoms. The molecule has 0 saturated heterocycles. The average Bonchev–Trinajstić information content (AvgIpc) is 2.34. The number of phenolic OH excluding ortho intramolecular Hbond substituents is 1. The summed E-state index contributed by atoms with van der Waals surface area (Å²) in [5.74, 6) is -0.886. The lowest BCUT2D eigenvalue weighted by atomic mass is 10.1. The second-order valence-electron chi connectivity index (χ2n) is 4.43. The second kappa shape index (κ2) is 5.08. The van der Waals surface area contributed by atoms with Crippen molar-refractivity contribution in [3.8, 4) is 5.75 Å². The Hall–Kier alpha value is -2.03. The largest absolute Gasteiger partial charge is 0.505 e. The standard InChI is InChI=1S/C15H16FNO/c1-11-5-3-4-6-14(11)17(2)10-12-7-8-15(18)13(16)9-12/h3-9,18H,10H2,1-2H3. The monoisotopic (exact) mass is 245 g/mol. The molecule has 2 nitrogen and oxygen atoms in total. The molecule has 0 heterocycles. The van der Waals surface area contributed by atoms with Crippen LogP contribution in [0.2, 0.25) is 0 Å². The first-order valence-electron chi connectivity index (χ1n) is 5.82. The first kappa shape index (κ1) is 12.4. The Morgan fingerprint density at radius 1 is 1.17 bits per heavy atom. The molecule has 0 atom stereocenters. The van der Waals surface area contributed by atoms with E-state index in [2.05, 4.69) is 4.90 Å². The van der Waals surface area contributed by atoms with Gasteiger partial charge in [-0.25, -0.2) is 4.39 Å². The van der Waals surface area contributed by atoms with Crippen LogP contribution in [-0.2, 0) is 6.54 Å². The number of rotatable bonds is 3. The van der Waals surface area contributed by atoms with Gasteiger partial charge < -0.3 is 10.0 Å². The molecule has 0 aliphatic heterocycles. The summed E-state index contributed by atoms with van der Waals surface area (Å²) in [5, 5.41) is 9.15. The Kier molecular flexibility index (Phi) is 3.51. The minimum absolute atomic E-state index is 0.308. The van der Waals surface area contributed by atoms with Gasteiger partial charge in [0.1, 0.15) is 0 Å². The van der Waals surface area contributed by atoms with Crippen molar-refractivity contribution in [2.75, 3.05) is 11.9 Å². The number of anilines is 1. The normalized spacial score (nSPS) is 10.4. The summed E-state index contributed by atoms with van der Waals surface area (Å²) >= 11 is 0. The van der Waals surface area contributed by atoms with Crippen LogP contribution in [0.15, 0.2) is 42.5 Å². The number of halogens is 1. The van der Waals surface area contributed by atoms with E-state index in [1.54, 1.807) is 6.07 Å². The molecule has 0 aliphatic rings. The summed E-state index contributed by atoms with van der Waals surface area (Å²) in [7, 11) is 1.97. The van der Waals surface area contributed by atoms with E-state index >= 15 is 0 Å². The Labute approximate surface area is 106 Å². The van der Waals surface area contributed by atoms with E-state index < -0.39 is 5.82 Å². The SMILES string of the molecule is Cc1ccccc1N(C)Cc1ccc(O)c(F)c1. The maximum Gasteiger partial charge on any atom is 0.165 e. The molecule has 18 heavy (non-hydrogen) atoms. The number of nitrogens with zero attached hydrogens (tertiary/aromatic N) is 1. The zero-order valence-electron chi connectivity index (χ0n) is 10.5. The van der Waals surface area contributed by atoms with Crippen LogP contribution in [-0.4, -0.2) is 12.2 Å². The van der Waals surface area contributed by atoms with Crippen molar-refractivity contribution in [3.63, 3.8) is 0 Å². The van der Waals surface area contributed by atoms with E-state index in [0.29, 0.717) is 6.54 Å². The van der Waals surface area contributed by atoms with E-state index in [0.717, 1.165) is 11.3 Å². The van der Waals surface area contributed by atoms with Gasteiger partial charge in [0.05, 0.1) is 0 Å². The fourth-order valence-electron chi connectivity index (χ4n) is 2.00. The first-order chi connectivity index (χ1) is 8.58. The van der Waals surface area contributed by atoms with Crippen LogP contribution in [0.25, 0.3) is 0 Å². The summed E-state index contributed by atoms with van der Waals surface area (Å²) in [6.45, 7) is 2.64. The summed E-state index contributed by atoms with van der Waals surface area (Å²) in [4.78, 5) is 2.06. The van der Waals surface area contributed by atoms with E-state index in [1.807, 2.05) is 38.2 Å². The lowest BCUT2D eigenvalue weighted by Gasteiger charge is -2.21. The molecule has 0 bridgehead atoms. The quantitative estimate of drug-likeness (QED) is 0.895. The molecule has 0 aromatic heterocycles. The van der Waals surface area contributed by atoms with Crippen molar-refractivity contribution >= 4 is 5.69 Å². The van der Waals surface area contributed by atoms with Gasteiger partial charge in [-0.1, -0.05) is 24.3 Å². The van der Waals surface area contributed by atoms with Crippen LogP contribution in [0, 0.1) is 12.7 Å². The van der Waals surface area contributed by atoms with Gasteiger partial charge in [0.2, 0.25) is 0 Å². The van der Waals surface area contributed by atoms with Gasteiger partial charge in [-0.3, -0.25) is 0 Å². The van der Waals surface area contributed by atoms with Gasteiger partial charge in [-0.05, 0) is 36.2 Å². The fraction of sp³-hybridized carbons (Fsp3) is 0.200. The molecule has 1 N–H and O–H groups in total. The van der Waals surface area contributed by atoms with Crippen molar-refractivity contribution in [3.05, 3.63) is 59.4 Å². The zero-order chi connectivity index (χ0) is 13.1. The van der Waals surface area contributed by atoms with E-state index in [4.69, 9.17) is 5.11 Å². The lowest BCUT2D eigenvalue weighted by molar-refractivity contribution is 0.432. The third kappa shape index (κ3) is 2.62. The average molecular weight is 245 g/mol. The van der Waals surface area contributed by atoms with E-state index in [-0.39, 0.29) is 5.75 Å². The summed E-state index contributed by atoms with van der Waals surface area (Å²) < 4.78 is 13.2. The van der Waals surface area contributed by atoms with E-state index in [9.17, 15) is 4.39 Å². The maximum absolute atomic E-state index is 13.2. The Bertz CT molecular complexity index is 554. The highest BCUT2D eigenvalue weighted by molar-refractivity contribution is 5.52. The van der Waals surface area contributed by atoms with Gasteiger partial charge >= 0.3 is 0 Å². The van der Waals surface area contributed by atoms with Crippen molar-refractivity contribution in [1.29, 1.82) is 0 Å². The Morgan fingerprint density at radius 3 is 2.56 bits per heavy atom. The van der Waals surface area contributed by atoms with Crippen LogP contribution in [0.4, 0.5) is 10.1 Å². The Morgan fingerprint density at radius 2 is 1.89 bits per heavy atom. The number of phenols is 1. The molecule has 2 aromatic carbocycles. The van der Waals surface area contributed by atoms with Gasteiger partial charge in [0.15, 0.2) is 11.6 Å². The van der Waals surface area contributed by atoms with E-state index in [1.165, 1.54) is 17.7 Å². The maximum atomic E-state index is 13.2. The number of para-hydroxylation sites is 1. The minimum atomic E-state index is -0.578.